The summed E-state index contributed by atoms with van der Waals surface area (Å²) in [6, 6.07) is 20.8. The number of nitrogens with zero attached hydrogens (tertiary/aromatic N) is 1. The Kier molecular flexibility index (Phi) is 3.54. The van der Waals surface area contributed by atoms with Gasteiger partial charge in [-0.25, -0.2) is 0 Å². The molecule has 4 aliphatic rings. The first-order chi connectivity index (χ1) is 13.3. The van der Waals surface area contributed by atoms with Gasteiger partial charge in [0.15, 0.2) is 5.72 Å². The van der Waals surface area contributed by atoms with Crippen LogP contribution >= 0.6 is 23.5 Å². The van der Waals surface area contributed by atoms with Crippen LogP contribution in [0.15, 0.2) is 60.7 Å². The monoisotopic (exact) mass is 395 g/mol. The third-order valence-corrected chi connectivity index (χ3v) is 10.3. The molecule has 2 aromatic carbocycles. The van der Waals surface area contributed by atoms with E-state index in [0.717, 1.165) is 23.5 Å². The second kappa shape index (κ2) is 5.79. The molecule has 3 heterocycles. The molecule has 6 rings (SSSR count). The Morgan fingerprint density at radius 2 is 1.63 bits per heavy atom. The molecule has 27 heavy (non-hydrogen) atoms. The molecule has 0 unspecified atom stereocenters. The van der Waals surface area contributed by atoms with Crippen LogP contribution in [0.4, 0.5) is 0 Å². The normalized spacial score (nSPS) is 35.9. The van der Waals surface area contributed by atoms with Gasteiger partial charge >= 0.3 is 0 Å². The predicted molar refractivity (Wildman–Crippen MR) is 109 cm³/mol. The quantitative estimate of drug-likeness (QED) is 0.760. The minimum absolute atomic E-state index is 0.00189. The highest BCUT2D eigenvalue weighted by Gasteiger charge is 2.76. The van der Waals surface area contributed by atoms with E-state index < -0.39 is 5.72 Å². The second-order valence-corrected chi connectivity index (χ2v) is 10.9. The van der Waals surface area contributed by atoms with Gasteiger partial charge in [0, 0.05) is 23.0 Å². The lowest BCUT2D eigenvalue weighted by atomic mass is 9.68. The molecule has 1 amide bonds. The molecular weight excluding hydrogens is 374 g/mol. The number of benzene rings is 2. The summed E-state index contributed by atoms with van der Waals surface area (Å²) in [6.45, 7) is 0.571. The van der Waals surface area contributed by atoms with Crippen LogP contribution in [0.1, 0.15) is 23.6 Å². The summed E-state index contributed by atoms with van der Waals surface area (Å²) in [7, 11) is 0. The number of rotatable bonds is 2. The van der Waals surface area contributed by atoms with Crippen molar-refractivity contribution in [2.45, 2.75) is 22.3 Å². The Morgan fingerprint density at radius 3 is 2.33 bits per heavy atom. The fraction of sp³-hybridized carbons (Fsp3) is 0.409. The Labute approximate surface area is 167 Å². The van der Waals surface area contributed by atoms with E-state index in [1.165, 1.54) is 5.56 Å². The van der Waals surface area contributed by atoms with Crippen molar-refractivity contribution in [3.63, 3.8) is 0 Å². The highest BCUT2D eigenvalue weighted by Crippen LogP contribution is 2.73. The lowest BCUT2D eigenvalue weighted by molar-refractivity contribution is -0.143. The van der Waals surface area contributed by atoms with Gasteiger partial charge in [0.05, 0.1) is 22.6 Å². The summed E-state index contributed by atoms with van der Waals surface area (Å²) in [5.41, 5.74) is 1.70. The zero-order valence-corrected chi connectivity index (χ0v) is 16.5. The molecule has 4 atom stereocenters. The van der Waals surface area contributed by atoms with Crippen LogP contribution in [0, 0.1) is 11.8 Å². The molecule has 3 saturated heterocycles. The standard InChI is InChI=1S/C22H21NO2S2/c24-20-19-17(13-21(19)26-11-12-27-21)22(16-9-5-2-6-10-16)23(20)18(14-25-22)15-7-3-1-4-8-15/h1-10,17-19H,11-14H2/t17-,18-,19+,22-/m1/s1. The molecule has 0 aromatic heterocycles. The maximum absolute atomic E-state index is 13.8. The third kappa shape index (κ3) is 2.03. The smallest absolute Gasteiger partial charge is 0.231 e. The summed E-state index contributed by atoms with van der Waals surface area (Å²) in [4.78, 5) is 15.9. The van der Waals surface area contributed by atoms with Crippen molar-refractivity contribution in [3.8, 4) is 0 Å². The van der Waals surface area contributed by atoms with Crippen molar-refractivity contribution in [3.05, 3.63) is 71.8 Å². The molecule has 1 saturated carbocycles. The SMILES string of the molecule is O=C1[C@@H]2[C@@H](CC23SCCS3)[C@@]2(c3ccccc3)OC[C@H](c3ccccc3)N12. The minimum atomic E-state index is -0.599. The number of hydrogen-bond donors (Lipinski definition) is 0. The van der Waals surface area contributed by atoms with E-state index in [9.17, 15) is 4.79 Å². The van der Waals surface area contributed by atoms with Crippen LogP contribution in [-0.2, 0) is 15.3 Å². The van der Waals surface area contributed by atoms with Gasteiger partial charge in [-0.3, -0.25) is 4.79 Å². The van der Waals surface area contributed by atoms with Gasteiger partial charge in [0.1, 0.15) is 0 Å². The van der Waals surface area contributed by atoms with Crippen molar-refractivity contribution < 1.29 is 9.53 Å². The van der Waals surface area contributed by atoms with Crippen molar-refractivity contribution in [1.82, 2.24) is 4.90 Å². The maximum atomic E-state index is 13.8. The van der Waals surface area contributed by atoms with Crippen LogP contribution in [-0.4, -0.2) is 33.0 Å². The molecule has 1 spiro atoms. The number of carbonyl (C=O) groups excluding carboxylic acids is 1. The van der Waals surface area contributed by atoms with E-state index in [1.54, 1.807) is 0 Å². The molecule has 5 heteroatoms. The Balaban J connectivity index is 1.49. The van der Waals surface area contributed by atoms with Crippen molar-refractivity contribution >= 4 is 29.4 Å². The van der Waals surface area contributed by atoms with Gasteiger partial charge in [-0.1, -0.05) is 60.7 Å². The number of hydrogen-bond acceptors (Lipinski definition) is 4. The third-order valence-electron chi connectivity index (χ3n) is 6.67. The van der Waals surface area contributed by atoms with Gasteiger partial charge in [0.25, 0.3) is 0 Å². The van der Waals surface area contributed by atoms with E-state index in [-0.39, 0.29) is 22.0 Å². The van der Waals surface area contributed by atoms with Crippen LogP contribution < -0.4 is 0 Å². The zero-order valence-electron chi connectivity index (χ0n) is 14.9. The molecule has 0 bridgehead atoms. The van der Waals surface area contributed by atoms with Crippen molar-refractivity contribution in [2.24, 2.45) is 11.8 Å². The average Bonchev–Trinajstić information content (AvgIpc) is 3.38. The molecule has 0 radical (unpaired) electrons. The van der Waals surface area contributed by atoms with Crippen LogP contribution in [0.3, 0.4) is 0 Å². The Morgan fingerprint density at radius 1 is 0.963 bits per heavy atom. The van der Waals surface area contributed by atoms with E-state index in [0.29, 0.717) is 12.5 Å². The molecule has 3 aliphatic heterocycles. The van der Waals surface area contributed by atoms with Gasteiger partial charge in [0.2, 0.25) is 5.91 Å². The maximum Gasteiger partial charge on any atom is 0.231 e. The van der Waals surface area contributed by atoms with Crippen LogP contribution in [0.25, 0.3) is 0 Å². The van der Waals surface area contributed by atoms with E-state index in [1.807, 2.05) is 35.7 Å². The molecule has 4 fully saturated rings. The first kappa shape index (κ1) is 16.5. The number of carbonyl (C=O) groups is 1. The lowest BCUT2D eigenvalue weighted by Crippen LogP contribution is -2.53. The minimum Gasteiger partial charge on any atom is -0.348 e. The number of ether oxygens (including phenoxy) is 1. The van der Waals surface area contributed by atoms with Gasteiger partial charge < -0.3 is 9.64 Å². The zero-order chi connectivity index (χ0) is 18.1. The number of fused-ring (bicyclic) bond motifs is 4. The highest BCUT2D eigenvalue weighted by molar-refractivity contribution is 8.21. The molecular formula is C22H21NO2S2. The lowest BCUT2D eigenvalue weighted by Gasteiger charge is -2.50. The van der Waals surface area contributed by atoms with E-state index >= 15 is 0 Å². The summed E-state index contributed by atoms with van der Waals surface area (Å²) >= 11 is 4.00. The largest absolute Gasteiger partial charge is 0.348 e. The predicted octanol–water partition coefficient (Wildman–Crippen LogP) is 4.27. The molecule has 3 nitrogen and oxygen atoms in total. The molecule has 1 aliphatic carbocycles. The number of amides is 1. The fourth-order valence-corrected chi connectivity index (χ4v) is 9.23. The first-order valence-electron chi connectivity index (χ1n) is 9.62. The van der Waals surface area contributed by atoms with Crippen molar-refractivity contribution in [2.75, 3.05) is 18.1 Å². The van der Waals surface area contributed by atoms with Crippen molar-refractivity contribution in [1.29, 1.82) is 0 Å². The highest BCUT2D eigenvalue weighted by atomic mass is 32.2. The Hall–Kier alpha value is -1.43. The van der Waals surface area contributed by atoms with Gasteiger partial charge in [-0.15, -0.1) is 23.5 Å². The summed E-state index contributed by atoms with van der Waals surface area (Å²) in [6.07, 6.45) is 1.06. The van der Waals surface area contributed by atoms with Crippen LogP contribution in [0.2, 0.25) is 0 Å². The summed E-state index contributed by atoms with van der Waals surface area (Å²) < 4.78 is 6.69. The van der Waals surface area contributed by atoms with E-state index in [2.05, 4.69) is 53.4 Å². The van der Waals surface area contributed by atoms with Gasteiger partial charge in [-0.05, 0) is 12.0 Å². The van der Waals surface area contributed by atoms with Crippen LogP contribution in [0.5, 0.6) is 0 Å². The average molecular weight is 396 g/mol. The number of thioether (sulfide) groups is 2. The summed E-state index contributed by atoms with van der Waals surface area (Å²) in [5, 5.41) is 0. The molecule has 2 aromatic rings. The fourth-order valence-electron chi connectivity index (χ4n) is 5.56. The topological polar surface area (TPSA) is 29.5 Å². The van der Waals surface area contributed by atoms with Gasteiger partial charge in [-0.2, -0.15) is 0 Å². The second-order valence-electron chi connectivity index (χ2n) is 7.81. The first-order valence-corrected chi connectivity index (χ1v) is 11.6. The summed E-state index contributed by atoms with van der Waals surface area (Å²) in [5.74, 6) is 2.93. The Bertz CT molecular complexity index is 884. The molecule has 138 valence electrons. The molecule has 0 N–H and O–H groups in total. The van der Waals surface area contributed by atoms with E-state index in [4.69, 9.17) is 4.74 Å².